The van der Waals surface area contributed by atoms with E-state index in [9.17, 15) is 13.6 Å². The Labute approximate surface area is 167 Å². The van der Waals surface area contributed by atoms with Gasteiger partial charge in [-0.05, 0) is 31.9 Å². The van der Waals surface area contributed by atoms with Crippen molar-refractivity contribution in [3.8, 4) is 11.3 Å². The Hall–Kier alpha value is -2.90. The van der Waals surface area contributed by atoms with Crippen LogP contribution in [0.25, 0.3) is 22.2 Å². The molecule has 1 fully saturated rings. The van der Waals surface area contributed by atoms with Crippen LogP contribution in [0.2, 0.25) is 0 Å². The monoisotopic (exact) mass is 399 g/mol. The molecule has 0 bridgehead atoms. The molecule has 0 aromatic carbocycles. The summed E-state index contributed by atoms with van der Waals surface area (Å²) in [5, 5.41) is 3.51. The molecule has 0 aliphatic heterocycles. The number of fused-ring (bicyclic) bond motifs is 1. The van der Waals surface area contributed by atoms with Gasteiger partial charge in [-0.25, -0.2) is 15.0 Å². The second-order valence-corrected chi connectivity index (χ2v) is 7.76. The van der Waals surface area contributed by atoms with Crippen LogP contribution in [0.15, 0.2) is 24.5 Å². The number of hydrogen-bond donors (Lipinski definition) is 1. The van der Waals surface area contributed by atoms with E-state index < -0.39 is 11.7 Å². The van der Waals surface area contributed by atoms with E-state index in [1.165, 1.54) is 6.92 Å². The first-order valence-electron chi connectivity index (χ1n) is 9.75. The van der Waals surface area contributed by atoms with E-state index in [4.69, 9.17) is 0 Å². The van der Waals surface area contributed by atoms with Gasteiger partial charge in [-0.15, -0.1) is 0 Å². The zero-order valence-corrected chi connectivity index (χ0v) is 16.7. The van der Waals surface area contributed by atoms with Crippen LogP contribution in [0.4, 0.5) is 14.6 Å². The maximum absolute atomic E-state index is 13.9. The molecule has 1 N–H and O–H groups in total. The molecule has 8 heteroatoms. The minimum absolute atomic E-state index is 0.223. The standard InChI is InChI=1S/C21H23F2N5O/c1-12-8-17(27-20(25-12)21(3,22)23)16-11-28(14-6-4-5-7-14)18-10-24-19(9-15(16)18)26-13(2)29/h8-11,14H,4-7H2,1-3H3,(H,24,26,29). The van der Waals surface area contributed by atoms with Gasteiger partial charge < -0.3 is 9.88 Å². The molecule has 1 aliphatic rings. The lowest BCUT2D eigenvalue weighted by Crippen LogP contribution is -2.13. The highest BCUT2D eigenvalue weighted by atomic mass is 19.3. The summed E-state index contributed by atoms with van der Waals surface area (Å²) in [6.45, 7) is 3.90. The molecule has 0 saturated heterocycles. The van der Waals surface area contributed by atoms with Crippen molar-refractivity contribution >= 4 is 22.6 Å². The minimum atomic E-state index is -3.13. The van der Waals surface area contributed by atoms with Gasteiger partial charge in [-0.1, -0.05) is 12.8 Å². The number of aryl methyl sites for hydroxylation is 1. The summed E-state index contributed by atoms with van der Waals surface area (Å²) >= 11 is 0. The number of rotatable bonds is 4. The number of pyridine rings is 1. The summed E-state index contributed by atoms with van der Waals surface area (Å²) in [5.41, 5.74) is 2.55. The average Bonchev–Trinajstić information content (AvgIpc) is 3.27. The summed E-state index contributed by atoms with van der Waals surface area (Å²) in [4.78, 5) is 23.9. The second-order valence-electron chi connectivity index (χ2n) is 7.76. The molecule has 3 aromatic rings. The minimum Gasteiger partial charge on any atom is -0.342 e. The SMILES string of the molecule is CC(=O)Nc1cc2c(-c3cc(C)nc(C(C)(F)F)n3)cn(C3CCCC3)c2cn1. The maximum atomic E-state index is 13.9. The Kier molecular flexibility index (Phi) is 4.80. The van der Waals surface area contributed by atoms with Gasteiger partial charge in [0.05, 0.1) is 17.4 Å². The zero-order chi connectivity index (χ0) is 20.8. The van der Waals surface area contributed by atoms with Crippen molar-refractivity contribution in [2.45, 2.75) is 58.4 Å². The van der Waals surface area contributed by atoms with Crippen LogP contribution in [0, 0.1) is 6.92 Å². The number of aromatic nitrogens is 4. The summed E-state index contributed by atoms with van der Waals surface area (Å²) in [5.74, 6) is -3.43. The molecule has 0 spiro atoms. The lowest BCUT2D eigenvalue weighted by molar-refractivity contribution is -0.114. The van der Waals surface area contributed by atoms with Crippen molar-refractivity contribution in [2.24, 2.45) is 0 Å². The van der Waals surface area contributed by atoms with Crippen LogP contribution < -0.4 is 5.32 Å². The first-order valence-corrected chi connectivity index (χ1v) is 9.75. The molecule has 0 radical (unpaired) electrons. The molecule has 0 unspecified atom stereocenters. The molecular weight excluding hydrogens is 376 g/mol. The van der Waals surface area contributed by atoms with E-state index >= 15 is 0 Å². The second kappa shape index (κ2) is 7.17. The summed E-state index contributed by atoms with van der Waals surface area (Å²) < 4.78 is 30.0. The van der Waals surface area contributed by atoms with Gasteiger partial charge in [0.15, 0.2) is 5.82 Å². The van der Waals surface area contributed by atoms with E-state index in [-0.39, 0.29) is 5.91 Å². The summed E-state index contributed by atoms with van der Waals surface area (Å²) in [6.07, 6.45) is 8.16. The fourth-order valence-electron chi connectivity index (χ4n) is 3.99. The first-order chi connectivity index (χ1) is 13.7. The topological polar surface area (TPSA) is 72.7 Å². The molecule has 0 atom stereocenters. The van der Waals surface area contributed by atoms with Crippen LogP contribution >= 0.6 is 0 Å². The maximum Gasteiger partial charge on any atom is 0.303 e. The third kappa shape index (κ3) is 3.83. The number of amides is 1. The van der Waals surface area contributed by atoms with Crippen LogP contribution in [0.3, 0.4) is 0 Å². The van der Waals surface area contributed by atoms with Gasteiger partial charge in [-0.3, -0.25) is 4.79 Å². The molecule has 1 amide bonds. The third-order valence-corrected chi connectivity index (χ3v) is 5.26. The van der Waals surface area contributed by atoms with E-state index in [1.54, 1.807) is 25.3 Å². The van der Waals surface area contributed by atoms with E-state index in [2.05, 4.69) is 24.8 Å². The molecule has 3 aromatic heterocycles. The Bertz CT molecular complexity index is 1080. The molecule has 6 nitrogen and oxygen atoms in total. The molecule has 4 rings (SSSR count). The van der Waals surface area contributed by atoms with Gasteiger partial charge in [0.2, 0.25) is 5.91 Å². The molecular formula is C21H23F2N5O. The predicted molar refractivity (Wildman–Crippen MR) is 107 cm³/mol. The highest BCUT2D eigenvalue weighted by Gasteiger charge is 2.30. The Balaban J connectivity index is 1.93. The Morgan fingerprint density at radius 2 is 1.97 bits per heavy atom. The lowest BCUT2D eigenvalue weighted by atomic mass is 10.1. The Morgan fingerprint density at radius 1 is 1.24 bits per heavy atom. The van der Waals surface area contributed by atoms with E-state index in [0.717, 1.165) is 49.1 Å². The van der Waals surface area contributed by atoms with Gasteiger partial charge in [0, 0.05) is 42.7 Å². The highest BCUT2D eigenvalue weighted by Crippen LogP contribution is 2.38. The van der Waals surface area contributed by atoms with Crippen molar-refractivity contribution in [2.75, 3.05) is 5.32 Å². The zero-order valence-electron chi connectivity index (χ0n) is 16.7. The van der Waals surface area contributed by atoms with Gasteiger partial charge >= 0.3 is 5.92 Å². The quantitative estimate of drug-likeness (QED) is 0.671. The van der Waals surface area contributed by atoms with Crippen molar-refractivity contribution in [1.82, 2.24) is 19.5 Å². The summed E-state index contributed by atoms with van der Waals surface area (Å²) in [7, 11) is 0. The van der Waals surface area contributed by atoms with E-state index in [1.807, 2.05) is 6.20 Å². The largest absolute Gasteiger partial charge is 0.342 e. The number of carbonyl (C=O) groups excluding carboxylic acids is 1. The fourth-order valence-corrected chi connectivity index (χ4v) is 3.99. The number of carbonyl (C=O) groups is 1. The van der Waals surface area contributed by atoms with Gasteiger partial charge in [-0.2, -0.15) is 8.78 Å². The number of alkyl halides is 2. The van der Waals surface area contributed by atoms with Gasteiger partial charge in [0.1, 0.15) is 5.82 Å². The number of nitrogens with zero attached hydrogens (tertiary/aromatic N) is 4. The fraction of sp³-hybridized carbons (Fsp3) is 0.429. The summed E-state index contributed by atoms with van der Waals surface area (Å²) in [6, 6.07) is 3.83. The predicted octanol–water partition coefficient (Wildman–Crippen LogP) is 4.99. The van der Waals surface area contributed by atoms with Crippen molar-refractivity contribution < 1.29 is 13.6 Å². The number of hydrogen-bond acceptors (Lipinski definition) is 4. The van der Waals surface area contributed by atoms with Gasteiger partial charge in [0.25, 0.3) is 0 Å². The molecule has 1 aliphatic carbocycles. The van der Waals surface area contributed by atoms with Crippen LogP contribution in [-0.4, -0.2) is 25.4 Å². The average molecular weight is 399 g/mol. The third-order valence-electron chi connectivity index (χ3n) is 5.26. The number of halogens is 2. The lowest BCUT2D eigenvalue weighted by Gasteiger charge is -2.13. The van der Waals surface area contributed by atoms with E-state index in [0.29, 0.717) is 23.2 Å². The van der Waals surface area contributed by atoms with Crippen LogP contribution in [0.1, 0.15) is 57.1 Å². The van der Waals surface area contributed by atoms with Crippen molar-refractivity contribution in [3.05, 3.63) is 36.0 Å². The molecule has 1 saturated carbocycles. The molecule has 29 heavy (non-hydrogen) atoms. The molecule has 152 valence electrons. The smallest absolute Gasteiger partial charge is 0.303 e. The highest BCUT2D eigenvalue weighted by molar-refractivity contribution is 5.98. The normalized spacial score (nSPS) is 15.2. The van der Waals surface area contributed by atoms with Crippen LogP contribution in [-0.2, 0) is 10.7 Å². The number of anilines is 1. The Morgan fingerprint density at radius 3 is 2.62 bits per heavy atom. The van der Waals surface area contributed by atoms with Crippen LogP contribution in [0.5, 0.6) is 0 Å². The molecule has 3 heterocycles. The van der Waals surface area contributed by atoms with Crippen molar-refractivity contribution in [3.63, 3.8) is 0 Å². The number of nitrogens with one attached hydrogen (secondary N) is 1. The first kappa shape index (κ1) is 19.4. The van der Waals surface area contributed by atoms with Crippen molar-refractivity contribution in [1.29, 1.82) is 0 Å².